The molecule has 94 valence electrons. The zero-order valence-electron chi connectivity index (χ0n) is 10.3. The standard InChI is InChI=1S/C14H20FNO/c1-17-8-7-14(5-6-14)11-16-10-12-3-2-4-13(15)9-12/h2-4,9,16H,5-8,10-11H2,1H3. The van der Waals surface area contributed by atoms with Crippen LogP contribution in [0.5, 0.6) is 0 Å². The summed E-state index contributed by atoms with van der Waals surface area (Å²) in [6.45, 7) is 2.58. The monoisotopic (exact) mass is 237 g/mol. The zero-order chi connectivity index (χ0) is 12.1. The quantitative estimate of drug-likeness (QED) is 0.787. The van der Waals surface area contributed by atoms with Crippen LogP contribution in [0.25, 0.3) is 0 Å². The molecule has 2 rings (SSSR count). The topological polar surface area (TPSA) is 21.3 Å². The molecule has 0 radical (unpaired) electrons. The summed E-state index contributed by atoms with van der Waals surface area (Å²) >= 11 is 0. The Balaban J connectivity index is 1.72. The second-order valence-corrected chi connectivity index (χ2v) is 4.98. The van der Waals surface area contributed by atoms with Crippen LogP contribution in [-0.4, -0.2) is 20.3 Å². The lowest BCUT2D eigenvalue weighted by Gasteiger charge is -2.15. The van der Waals surface area contributed by atoms with Gasteiger partial charge in [0, 0.05) is 26.8 Å². The molecule has 0 atom stereocenters. The molecule has 1 aromatic rings. The zero-order valence-corrected chi connectivity index (χ0v) is 10.3. The lowest BCUT2D eigenvalue weighted by molar-refractivity contribution is 0.171. The summed E-state index contributed by atoms with van der Waals surface area (Å²) < 4.78 is 18.1. The molecule has 0 saturated heterocycles. The molecule has 0 heterocycles. The van der Waals surface area contributed by atoms with Gasteiger partial charge < -0.3 is 10.1 Å². The van der Waals surface area contributed by atoms with Gasteiger partial charge >= 0.3 is 0 Å². The third-order valence-corrected chi connectivity index (χ3v) is 3.51. The minimum absolute atomic E-state index is 0.162. The van der Waals surface area contributed by atoms with Gasteiger partial charge in [-0.25, -0.2) is 4.39 Å². The number of halogens is 1. The summed E-state index contributed by atoms with van der Waals surface area (Å²) in [5, 5.41) is 3.42. The average Bonchev–Trinajstić information content (AvgIpc) is 3.07. The van der Waals surface area contributed by atoms with E-state index in [0.717, 1.165) is 31.7 Å². The van der Waals surface area contributed by atoms with E-state index in [1.807, 2.05) is 6.07 Å². The van der Waals surface area contributed by atoms with Crippen molar-refractivity contribution in [3.05, 3.63) is 35.6 Å². The van der Waals surface area contributed by atoms with E-state index >= 15 is 0 Å². The molecule has 1 N–H and O–H groups in total. The van der Waals surface area contributed by atoms with Crippen molar-refractivity contribution in [1.29, 1.82) is 0 Å². The van der Waals surface area contributed by atoms with Crippen LogP contribution in [0.2, 0.25) is 0 Å². The number of ether oxygens (including phenoxy) is 1. The van der Waals surface area contributed by atoms with Gasteiger partial charge in [-0.3, -0.25) is 0 Å². The van der Waals surface area contributed by atoms with Gasteiger partial charge in [-0.1, -0.05) is 12.1 Å². The van der Waals surface area contributed by atoms with E-state index in [0.29, 0.717) is 5.41 Å². The number of benzene rings is 1. The largest absolute Gasteiger partial charge is 0.385 e. The Kier molecular flexibility index (Phi) is 4.13. The first kappa shape index (κ1) is 12.5. The van der Waals surface area contributed by atoms with E-state index in [-0.39, 0.29) is 5.82 Å². The molecule has 0 unspecified atom stereocenters. The number of hydrogen-bond acceptors (Lipinski definition) is 2. The van der Waals surface area contributed by atoms with Crippen molar-refractivity contribution in [2.24, 2.45) is 5.41 Å². The highest BCUT2D eigenvalue weighted by atomic mass is 19.1. The van der Waals surface area contributed by atoms with Crippen LogP contribution < -0.4 is 5.32 Å². The van der Waals surface area contributed by atoms with E-state index in [2.05, 4.69) is 5.32 Å². The number of rotatable bonds is 7. The Morgan fingerprint density at radius 3 is 2.88 bits per heavy atom. The fourth-order valence-electron chi connectivity index (χ4n) is 2.13. The Hall–Kier alpha value is -0.930. The SMILES string of the molecule is COCCC1(CNCc2cccc(F)c2)CC1. The number of methoxy groups -OCH3 is 1. The summed E-state index contributed by atoms with van der Waals surface area (Å²) in [4.78, 5) is 0. The Morgan fingerprint density at radius 2 is 2.24 bits per heavy atom. The van der Waals surface area contributed by atoms with Crippen LogP contribution in [0.15, 0.2) is 24.3 Å². The molecule has 1 aliphatic rings. The van der Waals surface area contributed by atoms with Gasteiger partial charge in [0.15, 0.2) is 0 Å². The summed E-state index contributed by atoms with van der Waals surface area (Å²) in [7, 11) is 1.75. The molecule has 1 aliphatic carbocycles. The molecule has 17 heavy (non-hydrogen) atoms. The predicted molar refractivity (Wildman–Crippen MR) is 66.3 cm³/mol. The summed E-state index contributed by atoms with van der Waals surface area (Å²) in [6.07, 6.45) is 3.69. The molecular formula is C14H20FNO. The Morgan fingerprint density at radius 1 is 1.41 bits per heavy atom. The Bertz CT molecular complexity index is 363. The highest BCUT2D eigenvalue weighted by Gasteiger charge is 2.41. The predicted octanol–water partition coefficient (Wildman–Crippen LogP) is 2.73. The summed E-state index contributed by atoms with van der Waals surface area (Å²) in [5.41, 5.74) is 1.45. The van der Waals surface area contributed by atoms with Crippen molar-refractivity contribution in [1.82, 2.24) is 5.32 Å². The maximum atomic E-state index is 13.0. The number of hydrogen-bond donors (Lipinski definition) is 1. The van der Waals surface area contributed by atoms with E-state index in [9.17, 15) is 4.39 Å². The first-order valence-corrected chi connectivity index (χ1v) is 6.18. The van der Waals surface area contributed by atoms with Gasteiger partial charge in [-0.15, -0.1) is 0 Å². The molecule has 1 saturated carbocycles. The molecule has 0 amide bonds. The third-order valence-electron chi connectivity index (χ3n) is 3.51. The fourth-order valence-corrected chi connectivity index (χ4v) is 2.13. The first-order chi connectivity index (χ1) is 8.24. The van der Waals surface area contributed by atoms with Crippen LogP contribution in [0, 0.1) is 11.2 Å². The molecule has 0 aliphatic heterocycles. The molecule has 0 spiro atoms. The Labute approximate surface area is 102 Å². The molecular weight excluding hydrogens is 217 g/mol. The minimum atomic E-state index is -0.162. The van der Waals surface area contributed by atoms with Crippen LogP contribution in [0.1, 0.15) is 24.8 Å². The molecule has 0 bridgehead atoms. The van der Waals surface area contributed by atoms with Crippen LogP contribution in [-0.2, 0) is 11.3 Å². The van der Waals surface area contributed by atoms with Gasteiger partial charge in [0.1, 0.15) is 5.82 Å². The van der Waals surface area contributed by atoms with Crippen molar-refractivity contribution in [2.75, 3.05) is 20.3 Å². The van der Waals surface area contributed by atoms with Crippen LogP contribution in [0.3, 0.4) is 0 Å². The summed E-state index contributed by atoms with van der Waals surface area (Å²) in [6, 6.07) is 6.77. The van der Waals surface area contributed by atoms with Gasteiger partial charge in [-0.2, -0.15) is 0 Å². The smallest absolute Gasteiger partial charge is 0.123 e. The fraction of sp³-hybridized carbons (Fsp3) is 0.571. The maximum absolute atomic E-state index is 13.0. The first-order valence-electron chi connectivity index (χ1n) is 6.18. The van der Waals surface area contributed by atoms with Gasteiger partial charge in [-0.05, 0) is 42.4 Å². The molecule has 2 nitrogen and oxygen atoms in total. The normalized spacial score (nSPS) is 17.1. The van der Waals surface area contributed by atoms with Crippen LogP contribution >= 0.6 is 0 Å². The van der Waals surface area contributed by atoms with E-state index < -0.39 is 0 Å². The maximum Gasteiger partial charge on any atom is 0.123 e. The minimum Gasteiger partial charge on any atom is -0.385 e. The average molecular weight is 237 g/mol. The van der Waals surface area contributed by atoms with E-state index in [1.165, 1.54) is 18.9 Å². The second kappa shape index (κ2) is 5.61. The van der Waals surface area contributed by atoms with Crippen molar-refractivity contribution in [3.8, 4) is 0 Å². The highest BCUT2D eigenvalue weighted by Crippen LogP contribution is 2.48. The van der Waals surface area contributed by atoms with Crippen molar-refractivity contribution >= 4 is 0 Å². The molecule has 0 aromatic heterocycles. The van der Waals surface area contributed by atoms with Gasteiger partial charge in [0.2, 0.25) is 0 Å². The van der Waals surface area contributed by atoms with Crippen LogP contribution in [0.4, 0.5) is 4.39 Å². The van der Waals surface area contributed by atoms with Crippen molar-refractivity contribution < 1.29 is 9.13 Å². The lowest BCUT2D eigenvalue weighted by Crippen LogP contribution is -2.24. The molecule has 3 heteroatoms. The lowest BCUT2D eigenvalue weighted by atomic mass is 10.0. The third kappa shape index (κ3) is 3.79. The second-order valence-electron chi connectivity index (χ2n) is 4.98. The van der Waals surface area contributed by atoms with E-state index in [1.54, 1.807) is 19.2 Å². The number of nitrogens with one attached hydrogen (secondary N) is 1. The summed E-state index contributed by atoms with van der Waals surface area (Å²) in [5.74, 6) is -0.162. The van der Waals surface area contributed by atoms with Gasteiger partial charge in [0.25, 0.3) is 0 Å². The van der Waals surface area contributed by atoms with Gasteiger partial charge in [0.05, 0.1) is 0 Å². The molecule has 1 fully saturated rings. The highest BCUT2D eigenvalue weighted by molar-refractivity contribution is 5.16. The molecule has 1 aromatic carbocycles. The van der Waals surface area contributed by atoms with Crippen molar-refractivity contribution in [3.63, 3.8) is 0 Å². The van der Waals surface area contributed by atoms with E-state index in [4.69, 9.17) is 4.74 Å². The van der Waals surface area contributed by atoms with Crippen molar-refractivity contribution in [2.45, 2.75) is 25.8 Å².